The lowest BCUT2D eigenvalue weighted by Gasteiger charge is -2.26. The van der Waals surface area contributed by atoms with Gasteiger partial charge in [0.1, 0.15) is 23.0 Å². The molecule has 0 saturated heterocycles. The summed E-state index contributed by atoms with van der Waals surface area (Å²) in [5, 5.41) is 13.1. The molecule has 2 atom stereocenters. The van der Waals surface area contributed by atoms with Gasteiger partial charge in [0.2, 0.25) is 0 Å². The lowest BCUT2D eigenvalue weighted by Crippen LogP contribution is -2.44. The number of aliphatic hydroxyl groups excluding tert-OH is 1. The normalized spacial score (nSPS) is 18.0. The van der Waals surface area contributed by atoms with Crippen LogP contribution in [0.1, 0.15) is 57.2 Å². The smallest absolute Gasteiger partial charge is 0.328 e. The van der Waals surface area contributed by atoms with E-state index in [1.807, 2.05) is 0 Å². The average Bonchev–Trinajstić information content (AvgIpc) is 2.50. The maximum Gasteiger partial charge on any atom is 0.328 e. The Hall–Kier alpha value is -2.15. The summed E-state index contributed by atoms with van der Waals surface area (Å²) in [5.74, 6) is -2.87. The molecule has 0 aromatic heterocycles. The number of rotatable bonds is 3. The first kappa shape index (κ1) is 21.2. The molecule has 1 aliphatic carbocycles. The predicted molar refractivity (Wildman–Crippen MR) is 105 cm³/mol. The van der Waals surface area contributed by atoms with Crippen LogP contribution in [-0.4, -0.2) is 34.4 Å². The molecule has 27 heavy (non-hydrogen) atoms. The fourth-order valence-corrected chi connectivity index (χ4v) is 3.56. The van der Waals surface area contributed by atoms with E-state index in [-0.39, 0.29) is 11.3 Å². The van der Waals surface area contributed by atoms with Gasteiger partial charge in [0.15, 0.2) is 5.78 Å². The van der Waals surface area contributed by atoms with Crippen molar-refractivity contribution in [1.29, 1.82) is 0 Å². The molecule has 1 amide bonds. The van der Waals surface area contributed by atoms with E-state index in [2.05, 4.69) is 21.2 Å². The van der Waals surface area contributed by atoms with Gasteiger partial charge < -0.3 is 15.2 Å². The first-order valence-electron chi connectivity index (χ1n) is 8.65. The van der Waals surface area contributed by atoms with Crippen LogP contribution in [0, 0.1) is 6.92 Å². The molecule has 0 saturated carbocycles. The maximum absolute atomic E-state index is 12.7. The van der Waals surface area contributed by atoms with Crippen LogP contribution in [0.4, 0.5) is 0 Å². The third kappa shape index (κ3) is 4.40. The maximum atomic E-state index is 12.7. The second-order valence-corrected chi connectivity index (χ2v) is 8.64. The van der Waals surface area contributed by atoms with Crippen molar-refractivity contribution < 1.29 is 24.2 Å². The molecular formula is C20H24BrNO5. The number of aryl methyl sites for hydroxylation is 1. The molecule has 1 aromatic carbocycles. The van der Waals surface area contributed by atoms with Crippen LogP contribution >= 0.6 is 15.9 Å². The van der Waals surface area contributed by atoms with Gasteiger partial charge in [0, 0.05) is 16.0 Å². The average molecular weight is 438 g/mol. The number of ether oxygens (including phenoxy) is 1. The van der Waals surface area contributed by atoms with Gasteiger partial charge in [-0.25, -0.2) is 4.79 Å². The summed E-state index contributed by atoms with van der Waals surface area (Å²) in [4.78, 5) is 37.5. The third-order valence-electron chi connectivity index (χ3n) is 4.25. The van der Waals surface area contributed by atoms with Crippen LogP contribution in [0.5, 0.6) is 0 Å². The first-order chi connectivity index (χ1) is 12.3. The largest absolute Gasteiger partial charge is 0.506 e. The Balaban J connectivity index is 2.37. The van der Waals surface area contributed by atoms with E-state index in [0.29, 0.717) is 11.1 Å². The Morgan fingerprint density at radius 2 is 1.89 bits per heavy atom. The Kier molecular flexibility index (Phi) is 5.85. The number of aliphatic hydroxyl groups is 1. The van der Waals surface area contributed by atoms with Gasteiger partial charge in [-0.1, -0.05) is 22.9 Å². The van der Waals surface area contributed by atoms with Crippen LogP contribution in [0.2, 0.25) is 0 Å². The second-order valence-electron chi connectivity index (χ2n) is 7.73. The van der Waals surface area contributed by atoms with Crippen LogP contribution < -0.4 is 5.32 Å². The number of hydrogen-bond acceptors (Lipinski definition) is 5. The van der Waals surface area contributed by atoms with Gasteiger partial charge in [-0.2, -0.15) is 0 Å². The molecule has 0 radical (unpaired) electrons. The van der Waals surface area contributed by atoms with E-state index in [0.717, 1.165) is 10.0 Å². The fraction of sp³-hybridized carbons (Fsp3) is 0.450. The van der Waals surface area contributed by atoms with Gasteiger partial charge in [0.25, 0.3) is 5.91 Å². The Morgan fingerprint density at radius 3 is 2.44 bits per heavy atom. The minimum absolute atomic E-state index is 0.337. The highest BCUT2D eigenvalue weighted by atomic mass is 79.9. The predicted octanol–water partition coefficient (Wildman–Crippen LogP) is 3.56. The van der Waals surface area contributed by atoms with Crippen molar-refractivity contribution in [2.24, 2.45) is 0 Å². The molecule has 6 nitrogen and oxygen atoms in total. The zero-order chi connectivity index (χ0) is 20.7. The Bertz CT molecular complexity index is 851. The molecule has 0 spiro atoms. The van der Waals surface area contributed by atoms with Crippen molar-refractivity contribution >= 4 is 39.3 Å². The number of Topliss-reactive ketones (excluding diaryl/α,β-unsaturated/α-hetero) is 1. The number of amides is 1. The van der Waals surface area contributed by atoms with E-state index in [9.17, 15) is 19.5 Å². The summed E-state index contributed by atoms with van der Waals surface area (Å²) < 4.78 is 6.02. The summed E-state index contributed by atoms with van der Waals surface area (Å²) in [5.41, 5.74) is 0.829. The molecule has 0 bridgehead atoms. The van der Waals surface area contributed by atoms with Crippen LogP contribution in [0.25, 0.3) is 5.76 Å². The number of halogens is 1. The highest BCUT2D eigenvalue weighted by Gasteiger charge is 2.37. The van der Waals surface area contributed by atoms with Crippen LogP contribution in [0.3, 0.4) is 0 Å². The molecule has 0 aliphatic heterocycles. The summed E-state index contributed by atoms with van der Waals surface area (Å²) in [7, 11) is 0. The molecule has 2 N–H and O–H groups in total. The summed E-state index contributed by atoms with van der Waals surface area (Å²) in [6, 6.07) is 2.60. The molecule has 1 aliphatic rings. The zero-order valence-electron chi connectivity index (χ0n) is 16.3. The molecule has 146 valence electrons. The lowest BCUT2D eigenvalue weighted by atomic mass is 9.80. The van der Waals surface area contributed by atoms with Crippen molar-refractivity contribution in [2.45, 2.75) is 59.1 Å². The van der Waals surface area contributed by atoms with Gasteiger partial charge in [-0.05, 0) is 57.9 Å². The van der Waals surface area contributed by atoms with E-state index in [4.69, 9.17) is 4.74 Å². The SMILES string of the molecule is Cc1cc(Br)cc2c1C(O)=C(C(=O)N[C@@H](C)C(=O)OC(C)(C)C)C(=O)C2C. The number of nitrogens with one attached hydrogen (secondary N) is 1. The van der Waals surface area contributed by atoms with E-state index in [1.165, 1.54) is 6.92 Å². The first-order valence-corrected chi connectivity index (χ1v) is 9.44. The molecule has 7 heteroatoms. The lowest BCUT2D eigenvalue weighted by molar-refractivity contribution is -0.158. The molecule has 1 aromatic rings. The van der Waals surface area contributed by atoms with Crippen LogP contribution in [0.15, 0.2) is 22.2 Å². The van der Waals surface area contributed by atoms with Crippen molar-refractivity contribution in [1.82, 2.24) is 5.32 Å². The zero-order valence-corrected chi connectivity index (χ0v) is 17.9. The molecule has 1 unspecified atom stereocenters. The fourth-order valence-electron chi connectivity index (χ4n) is 2.97. The van der Waals surface area contributed by atoms with Crippen molar-refractivity contribution in [2.75, 3.05) is 0 Å². The molecule has 2 rings (SSSR count). The number of carbonyl (C=O) groups is 3. The number of fused-ring (bicyclic) bond motifs is 1. The van der Waals surface area contributed by atoms with Gasteiger partial charge in [-0.3, -0.25) is 9.59 Å². The molecule has 0 heterocycles. The second kappa shape index (κ2) is 7.46. The Morgan fingerprint density at radius 1 is 1.30 bits per heavy atom. The number of hydrogen-bond donors (Lipinski definition) is 2. The van der Waals surface area contributed by atoms with Crippen LogP contribution in [-0.2, 0) is 19.1 Å². The van der Waals surface area contributed by atoms with Crippen molar-refractivity contribution in [3.8, 4) is 0 Å². The van der Waals surface area contributed by atoms with Gasteiger partial charge >= 0.3 is 5.97 Å². The number of ketones is 1. The minimum atomic E-state index is -0.965. The summed E-state index contributed by atoms with van der Waals surface area (Å²) in [6.07, 6.45) is 0. The van der Waals surface area contributed by atoms with E-state index >= 15 is 0 Å². The van der Waals surface area contributed by atoms with Crippen molar-refractivity contribution in [3.63, 3.8) is 0 Å². The van der Waals surface area contributed by atoms with Gasteiger partial charge in [-0.15, -0.1) is 0 Å². The monoisotopic (exact) mass is 437 g/mol. The van der Waals surface area contributed by atoms with E-state index in [1.54, 1.807) is 46.8 Å². The quantitative estimate of drug-likeness (QED) is 0.556. The van der Waals surface area contributed by atoms with Crippen molar-refractivity contribution in [3.05, 3.63) is 38.9 Å². The van der Waals surface area contributed by atoms with E-state index < -0.39 is 35.2 Å². The number of esters is 1. The standard InChI is InChI=1S/C20H24BrNO5/c1-9-7-12(21)8-13-10(2)16(23)15(17(24)14(9)13)18(25)22-11(3)19(26)27-20(4,5)6/h7-8,10-11,24H,1-6H3,(H,22,25)/t10?,11-/m0/s1. The number of benzene rings is 1. The topological polar surface area (TPSA) is 92.7 Å². The molecule has 0 fully saturated rings. The number of carbonyl (C=O) groups excluding carboxylic acids is 3. The highest BCUT2D eigenvalue weighted by molar-refractivity contribution is 9.10. The highest BCUT2D eigenvalue weighted by Crippen LogP contribution is 2.38. The third-order valence-corrected chi connectivity index (χ3v) is 4.70. The van der Waals surface area contributed by atoms with Gasteiger partial charge in [0.05, 0.1) is 0 Å². The Labute approximate surface area is 167 Å². The summed E-state index contributed by atoms with van der Waals surface area (Å²) in [6.45, 7) is 10.1. The molecular weight excluding hydrogens is 414 g/mol. The minimum Gasteiger partial charge on any atom is -0.506 e. The summed E-state index contributed by atoms with van der Waals surface area (Å²) >= 11 is 3.39.